The summed E-state index contributed by atoms with van der Waals surface area (Å²) in [6, 6.07) is 13.0. The molecule has 2 aliphatic heterocycles. The Morgan fingerprint density at radius 2 is 1.83 bits per heavy atom. The summed E-state index contributed by atoms with van der Waals surface area (Å²) in [6.07, 6.45) is 4.63. The number of aryl methyl sites for hydroxylation is 1. The topological polar surface area (TPSA) is 152 Å². The predicted octanol–water partition coefficient (Wildman–Crippen LogP) is 1.34. The van der Waals surface area contributed by atoms with Gasteiger partial charge in [0.05, 0.1) is 28.2 Å². The zero-order valence-electron chi connectivity index (χ0n) is 23.6. The maximum absolute atomic E-state index is 13.4. The van der Waals surface area contributed by atoms with Gasteiger partial charge in [-0.25, -0.2) is 21.6 Å². The van der Waals surface area contributed by atoms with Crippen molar-refractivity contribution >= 4 is 20.0 Å². The molecule has 12 nitrogen and oxygen atoms in total. The number of benzene rings is 2. The lowest BCUT2D eigenvalue weighted by Crippen LogP contribution is -2.47. The minimum Gasteiger partial charge on any atom is -0.491 e. The molecule has 0 saturated carbocycles. The average molecular weight is 620 g/mol. The minimum absolute atomic E-state index is 0.0103. The van der Waals surface area contributed by atoms with Crippen LogP contribution in [0.25, 0.3) is 11.1 Å². The molecule has 2 aromatic carbocycles. The lowest BCUT2D eigenvalue weighted by molar-refractivity contribution is -0.0312. The third-order valence-corrected chi connectivity index (χ3v) is 11.1. The first-order valence-electron chi connectivity index (χ1n) is 13.8. The van der Waals surface area contributed by atoms with Crippen LogP contribution in [0, 0.1) is 0 Å². The minimum atomic E-state index is -3.66. The van der Waals surface area contributed by atoms with Crippen LogP contribution in [-0.2, 0) is 31.8 Å². The lowest BCUT2D eigenvalue weighted by atomic mass is 9.88. The second-order valence-corrected chi connectivity index (χ2v) is 14.6. The highest BCUT2D eigenvalue weighted by Gasteiger charge is 2.44. The maximum atomic E-state index is 13.4. The van der Waals surface area contributed by atoms with Crippen LogP contribution in [0.3, 0.4) is 0 Å². The summed E-state index contributed by atoms with van der Waals surface area (Å²) in [5, 5.41) is 17.9. The van der Waals surface area contributed by atoms with E-state index in [1.165, 1.54) is 23.5 Å². The molecule has 1 spiro atoms. The summed E-state index contributed by atoms with van der Waals surface area (Å²) < 4.78 is 68.1. The molecule has 3 N–H and O–H groups in total. The number of hydrogen-bond donors (Lipinski definition) is 3. The van der Waals surface area contributed by atoms with Gasteiger partial charge >= 0.3 is 0 Å². The highest BCUT2D eigenvalue weighted by molar-refractivity contribution is 7.89. The average Bonchev–Trinajstić information content (AvgIpc) is 3.61. The van der Waals surface area contributed by atoms with Crippen molar-refractivity contribution in [2.75, 3.05) is 39.9 Å². The van der Waals surface area contributed by atoms with Crippen molar-refractivity contribution in [2.45, 2.75) is 46.8 Å². The second-order valence-electron chi connectivity index (χ2n) is 10.8. The SMILES string of the molecule is CNS(=O)(=O)c1cccc(OC[C@@H](O)CN[C@@H]2COC3(CCN(S(=O)(=O)c4cccc(-c5cnn(C)c5)c4)CC3)C2)c1. The van der Waals surface area contributed by atoms with E-state index in [1.807, 2.05) is 19.3 Å². The van der Waals surface area contributed by atoms with E-state index in [9.17, 15) is 21.9 Å². The molecule has 2 fully saturated rings. The van der Waals surface area contributed by atoms with Gasteiger partial charge in [-0.05, 0) is 56.1 Å². The van der Waals surface area contributed by atoms with Gasteiger partial charge in [0, 0.05) is 50.6 Å². The third-order valence-electron chi connectivity index (χ3n) is 7.82. The molecule has 228 valence electrons. The standard InChI is InChI=1S/C28H37N5O7S2/c1-29-41(35,36)26-7-4-6-25(14-26)39-20-24(34)17-30-23-15-28(40-19-23)9-11-33(12-10-28)42(37,38)27-8-3-5-21(13-27)22-16-31-32(2)18-22/h3-8,13-14,16,18,23-24,29-30,34H,9-12,15,17,19-20H2,1-2H3/t23-,24-/m0/s1. The molecule has 3 aromatic rings. The van der Waals surface area contributed by atoms with Crippen molar-refractivity contribution in [1.29, 1.82) is 0 Å². The maximum Gasteiger partial charge on any atom is 0.243 e. The Hall–Kier alpha value is -2.85. The lowest BCUT2D eigenvalue weighted by Gasteiger charge is -2.38. The van der Waals surface area contributed by atoms with Gasteiger partial charge in [0.1, 0.15) is 18.5 Å². The molecule has 42 heavy (non-hydrogen) atoms. The number of rotatable bonds is 11. The highest BCUT2D eigenvalue weighted by Crippen LogP contribution is 2.37. The Bertz CT molecular complexity index is 1600. The first-order valence-corrected chi connectivity index (χ1v) is 16.7. The fourth-order valence-corrected chi connectivity index (χ4v) is 7.67. The number of aliphatic hydroxyl groups excluding tert-OH is 1. The number of nitrogens with one attached hydrogen (secondary N) is 2. The molecule has 5 rings (SSSR count). The van der Waals surface area contributed by atoms with E-state index in [1.54, 1.807) is 41.2 Å². The number of piperidine rings is 1. The zero-order chi connectivity index (χ0) is 30.0. The van der Waals surface area contributed by atoms with Gasteiger partial charge in [0.15, 0.2) is 0 Å². The van der Waals surface area contributed by atoms with E-state index in [4.69, 9.17) is 9.47 Å². The fraction of sp³-hybridized carbons (Fsp3) is 0.464. The van der Waals surface area contributed by atoms with E-state index in [0.29, 0.717) is 38.3 Å². The van der Waals surface area contributed by atoms with E-state index >= 15 is 0 Å². The third kappa shape index (κ3) is 6.86. The van der Waals surface area contributed by atoms with Crippen LogP contribution < -0.4 is 14.8 Å². The fourth-order valence-electron chi connectivity index (χ4n) is 5.42. The van der Waals surface area contributed by atoms with Gasteiger partial charge in [-0.2, -0.15) is 9.40 Å². The van der Waals surface area contributed by atoms with Gasteiger partial charge in [-0.1, -0.05) is 18.2 Å². The van der Waals surface area contributed by atoms with Crippen LogP contribution in [0.4, 0.5) is 0 Å². The van der Waals surface area contributed by atoms with Crippen LogP contribution in [0.15, 0.2) is 70.7 Å². The van der Waals surface area contributed by atoms with Crippen molar-refractivity contribution in [3.05, 3.63) is 60.9 Å². The first-order chi connectivity index (χ1) is 20.0. The molecule has 0 bridgehead atoms. The molecule has 2 atom stereocenters. The predicted molar refractivity (Wildman–Crippen MR) is 156 cm³/mol. The Balaban J connectivity index is 1.10. The molecule has 1 aromatic heterocycles. The van der Waals surface area contributed by atoms with Crippen molar-refractivity contribution < 1.29 is 31.4 Å². The number of sulfonamides is 2. The molecular formula is C28H37N5O7S2. The molecule has 0 radical (unpaired) electrons. The highest BCUT2D eigenvalue weighted by atomic mass is 32.2. The van der Waals surface area contributed by atoms with Gasteiger partial charge in [-0.15, -0.1) is 0 Å². The summed E-state index contributed by atoms with van der Waals surface area (Å²) in [5.41, 5.74) is 1.26. The quantitative estimate of drug-likeness (QED) is 0.289. The summed E-state index contributed by atoms with van der Waals surface area (Å²) in [5.74, 6) is 0.346. The van der Waals surface area contributed by atoms with Crippen molar-refractivity contribution in [2.24, 2.45) is 7.05 Å². The second kappa shape index (κ2) is 12.4. The number of nitrogens with zero attached hydrogens (tertiary/aromatic N) is 3. The number of hydrogen-bond acceptors (Lipinski definition) is 9. The van der Waals surface area contributed by atoms with Crippen LogP contribution in [0.1, 0.15) is 19.3 Å². The molecule has 0 aliphatic carbocycles. The first kappa shape index (κ1) is 30.6. The van der Waals surface area contributed by atoms with Crippen LogP contribution in [-0.4, -0.2) is 93.7 Å². The molecule has 2 saturated heterocycles. The number of aromatic nitrogens is 2. The van der Waals surface area contributed by atoms with Gasteiger partial charge in [-0.3, -0.25) is 4.68 Å². The summed E-state index contributed by atoms with van der Waals surface area (Å²) in [6.45, 7) is 1.46. The Labute approximate surface area is 246 Å². The van der Waals surface area contributed by atoms with E-state index in [2.05, 4.69) is 15.1 Å². The molecule has 14 heteroatoms. The molecule has 0 amide bonds. The Morgan fingerprint density at radius 1 is 1.10 bits per heavy atom. The molecule has 0 unspecified atom stereocenters. The van der Waals surface area contributed by atoms with E-state index in [-0.39, 0.29) is 29.0 Å². The molecular weight excluding hydrogens is 582 g/mol. The van der Waals surface area contributed by atoms with Crippen molar-refractivity contribution in [3.63, 3.8) is 0 Å². The molecule has 3 heterocycles. The Kier molecular flexibility index (Phi) is 9.04. The summed E-state index contributed by atoms with van der Waals surface area (Å²) in [7, 11) is -4.09. The van der Waals surface area contributed by atoms with Crippen molar-refractivity contribution in [3.8, 4) is 16.9 Å². The van der Waals surface area contributed by atoms with Gasteiger partial charge in [0.2, 0.25) is 20.0 Å². The van der Waals surface area contributed by atoms with Crippen molar-refractivity contribution in [1.82, 2.24) is 24.1 Å². The Morgan fingerprint density at radius 3 is 2.55 bits per heavy atom. The van der Waals surface area contributed by atoms with Crippen LogP contribution in [0.2, 0.25) is 0 Å². The normalized spacial score (nSPS) is 20.1. The zero-order valence-corrected chi connectivity index (χ0v) is 25.3. The largest absolute Gasteiger partial charge is 0.491 e. The summed E-state index contributed by atoms with van der Waals surface area (Å²) >= 11 is 0. The van der Waals surface area contributed by atoms with Crippen LogP contribution >= 0.6 is 0 Å². The van der Waals surface area contributed by atoms with E-state index < -0.39 is 31.8 Å². The number of aliphatic hydroxyl groups is 1. The van der Waals surface area contributed by atoms with Gasteiger partial charge < -0.3 is 19.9 Å². The van der Waals surface area contributed by atoms with Crippen LogP contribution in [0.5, 0.6) is 5.75 Å². The van der Waals surface area contributed by atoms with Gasteiger partial charge in [0.25, 0.3) is 0 Å². The molecule has 2 aliphatic rings. The van der Waals surface area contributed by atoms with E-state index in [0.717, 1.165) is 17.5 Å². The number of ether oxygens (including phenoxy) is 2. The summed E-state index contributed by atoms with van der Waals surface area (Å²) in [4.78, 5) is 0.346. The monoisotopic (exact) mass is 619 g/mol. The smallest absolute Gasteiger partial charge is 0.243 e.